The second-order valence-corrected chi connectivity index (χ2v) is 5.10. The molecule has 1 heterocycles. The lowest BCUT2D eigenvalue weighted by Gasteiger charge is -2.13. The van der Waals surface area contributed by atoms with E-state index in [-0.39, 0.29) is 0 Å². The first-order valence-corrected chi connectivity index (χ1v) is 6.92. The molecule has 0 unspecified atom stereocenters. The largest absolute Gasteiger partial charge is 0.301 e. The molecule has 0 N–H and O–H groups in total. The molecule has 21 heavy (non-hydrogen) atoms. The number of hydrogen-bond donors (Lipinski definition) is 0. The molecule has 4 heteroatoms. The van der Waals surface area contributed by atoms with Crippen molar-refractivity contribution >= 4 is 35.1 Å². The normalized spacial score (nSPS) is 14.0. The van der Waals surface area contributed by atoms with Gasteiger partial charge >= 0.3 is 0 Å². The van der Waals surface area contributed by atoms with Crippen LogP contribution in [0.5, 0.6) is 0 Å². The van der Waals surface area contributed by atoms with Crippen molar-refractivity contribution in [3.8, 4) is 0 Å². The number of rotatable bonds is 3. The molecule has 0 bridgehead atoms. The van der Waals surface area contributed by atoms with E-state index in [0.29, 0.717) is 22.8 Å². The molecule has 2 aromatic carbocycles. The highest BCUT2D eigenvalue weighted by Gasteiger charge is 2.36. The van der Waals surface area contributed by atoms with E-state index in [2.05, 4.69) is 0 Å². The molecule has 0 saturated carbocycles. The van der Waals surface area contributed by atoms with E-state index in [0.717, 1.165) is 5.56 Å². The van der Waals surface area contributed by atoms with Crippen LogP contribution in [0.4, 0.5) is 5.69 Å². The third kappa shape index (κ3) is 2.48. The van der Waals surface area contributed by atoms with Gasteiger partial charge in [-0.2, -0.15) is 0 Å². The molecule has 0 saturated heterocycles. The van der Waals surface area contributed by atoms with E-state index >= 15 is 0 Å². The SMILES string of the molecule is O=C1C(=O)N(CC=Cc2ccccc2)c2cccc(Cl)c21. The summed E-state index contributed by atoms with van der Waals surface area (Å²) in [7, 11) is 0. The Balaban J connectivity index is 1.84. The average Bonchev–Trinajstić information content (AvgIpc) is 2.74. The lowest BCUT2D eigenvalue weighted by Crippen LogP contribution is -2.29. The van der Waals surface area contributed by atoms with Crippen LogP contribution in [0.25, 0.3) is 6.08 Å². The van der Waals surface area contributed by atoms with Crippen molar-refractivity contribution in [3.05, 3.63) is 70.8 Å². The highest BCUT2D eigenvalue weighted by atomic mass is 35.5. The van der Waals surface area contributed by atoms with E-state index in [9.17, 15) is 9.59 Å². The lowest BCUT2D eigenvalue weighted by atomic mass is 10.1. The van der Waals surface area contributed by atoms with Crippen LogP contribution >= 0.6 is 11.6 Å². The van der Waals surface area contributed by atoms with Gasteiger partial charge in [-0.15, -0.1) is 0 Å². The van der Waals surface area contributed by atoms with Crippen LogP contribution in [0, 0.1) is 0 Å². The molecule has 0 fully saturated rings. The number of anilines is 1. The molecular formula is C17H12ClNO2. The maximum atomic E-state index is 12.0. The number of nitrogens with zero attached hydrogens (tertiary/aromatic N) is 1. The topological polar surface area (TPSA) is 37.4 Å². The van der Waals surface area contributed by atoms with Gasteiger partial charge in [0.1, 0.15) is 0 Å². The molecule has 1 amide bonds. The monoisotopic (exact) mass is 297 g/mol. The average molecular weight is 298 g/mol. The third-order valence-electron chi connectivity index (χ3n) is 3.35. The van der Waals surface area contributed by atoms with Gasteiger partial charge in [-0.3, -0.25) is 9.59 Å². The van der Waals surface area contributed by atoms with Crippen LogP contribution in [0.2, 0.25) is 5.02 Å². The molecular weight excluding hydrogens is 286 g/mol. The Morgan fingerprint density at radius 1 is 1.00 bits per heavy atom. The van der Waals surface area contributed by atoms with E-state index in [1.165, 1.54) is 4.90 Å². The molecule has 0 atom stereocenters. The Morgan fingerprint density at radius 2 is 1.76 bits per heavy atom. The Bertz CT molecular complexity index is 738. The van der Waals surface area contributed by atoms with Crippen LogP contribution in [-0.4, -0.2) is 18.2 Å². The van der Waals surface area contributed by atoms with Crippen molar-refractivity contribution < 1.29 is 9.59 Å². The highest BCUT2D eigenvalue weighted by molar-refractivity contribution is 6.55. The fraction of sp³-hybridized carbons (Fsp3) is 0.0588. The standard InChI is InChI=1S/C17H12ClNO2/c18-13-9-4-10-14-15(13)16(20)17(21)19(14)11-5-8-12-6-2-1-3-7-12/h1-10H,11H2. The van der Waals surface area contributed by atoms with Gasteiger partial charge in [-0.25, -0.2) is 0 Å². The summed E-state index contributed by atoms with van der Waals surface area (Å²) >= 11 is 6.01. The fourth-order valence-corrected chi connectivity index (χ4v) is 2.60. The second-order valence-electron chi connectivity index (χ2n) is 4.69. The van der Waals surface area contributed by atoms with Crippen LogP contribution in [0.15, 0.2) is 54.6 Å². The predicted octanol–water partition coefficient (Wildman–Crippen LogP) is 3.58. The van der Waals surface area contributed by atoms with Gasteiger partial charge in [0.15, 0.2) is 0 Å². The number of benzene rings is 2. The van der Waals surface area contributed by atoms with Gasteiger partial charge in [-0.05, 0) is 17.7 Å². The predicted molar refractivity (Wildman–Crippen MR) is 83.6 cm³/mol. The number of halogens is 1. The van der Waals surface area contributed by atoms with Crippen LogP contribution < -0.4 is 4.90 Å². The first-order valence-electron chi connectivity index (χ1n) is 6.55. The van der Waals surface area contributed by atoms with Crippen molar-refractivity contribution in [2.24, 2.45) is 0 Å². The smallest absolute Gasteiger partial charge is 0.299 e. The summed E-state index contributed by atoms with van der Waals surface area (Å²) < 4.78 is 0. The first-order chi connectivity index (χ1) is 10.2. The minimum Gasteiger partial charge on any atom is -0.301 e. The Kier molecular flexibility index (Phi) is 3.59. The summed E-state index contributed by atoms with van der Waals surface area (Å²) in [5.41, 5.74) is 1.93. The van der Waals surface area contributed by atoms with Gasteiger partial charge in [-0.1, -0.05) is 60.2 Å². The molecule has 0 radical (unpaired) electrons. The molecule has 2 aromatic rings. The van der Waals surface area contributed by atoms with Crippen molar-refractivity contribution in [1.82, 2.24) is 0 Å². The molecule has 3 nitrogen and oxygen atoms in total. The highest BCUT2D eigenvalue weighted by Crippen LogP contribution is 2.33. The molecule has 1 aliphatic heterocycles. The third-order valence-corrected chi connectivity index (χ3v) is 3.66. The molecule has 1 aliphatic rings. The zero-order valence-corrected chi connectivity index (χ0v) is 11.9. The number of ketones is 1. The van der Waals surface area contributed by atoms with E-state index in [1.54, 1.807) is 18.2 Å². The number of carbonyl (C=O) groups is 2. The number of amides is 1. The number of Topliss-reactive ketones (excluding diaryl/α,β-unsaturated/α-hetero) is 1. The minimum atomic E-state index is -0.538. The summed E-state index contributed by atoms with van der Waals surface area (Å²) in [6.07, 6.45) is 3.77. The van der Waals surface area contributed by atoms with Gasteiger partial charge in [0, 0.05) is 6.54 Å². The minimum absolute atomic E-state index is 0.303. The summed E-state index contributed by atoms with van der Waals surface area (Å²) in [6.45, 7) is 0.340. The van der Waals surface area contributed by atoms with Gasteiger partial charge < -0.3 is 4.90 Å². The Labute approximate surface area is 127 Å². The molecule has 0 spiro atoms. The van der Waals surface area contributed by atoms with Crippen molar-refractivity contribution in [2.45, 2.75) is 0 Å². The van der Waals surface area contributed by atoms with Gasteiger partial charge in [0.05, 0.1) is 16.3 Å². The van der Waals surface area contributed by atoms with Crippen molar-refractivity contribution in [3.63, 3.8) is 0 Å². The Hall–Kier alpha value is -2.39. The van der Waals surface area contributed by atoms with Crippen molar-refractivity contribution in [2.75, 3.05) is 11.4 Å². The summed E-state index contributed by atoms with van der Waals surface area (Å²) in [5.74, 6) is -1.07. The summed E-state index contributed by atoms with van der Waals surface area (Å²) in [4.78, 5) is 25.4. The maximum Gasteiger partial charge on any atom is 0.299 e. The van der Waals surface area contributed by atoms with E-state index in [1.807, 2.05) is 42.5 Å². The van der Waals surface area contributed by atoms with Crippen LogP contribution in [0.1, 0.15) is 15.9 Å². The molecule has 104 valence electrons. The zero-order valence-electron chi connectivity index (χ0n) is 11.1. The maximum absolute atomic E-state index is 12.0. The van der Waals surface area contributed by atoms with Crippen molar-refractivity contribution in [1.29, 1.82) is 0 Å². The number of carbonyl (C=O) groups excluding carboxylic acids is 2. The Morgan fingerprint density at radius 3 is 2.52 bits per heavy atom. The quantitative estimate of drug-likeness (QED) is 0.812. The van der Waals surface area contributed by atoms with Gasteiger partial charge in [0.2, 0.25) is 0 Å². The summed E-state index contributed by atoms with van der Waals surface area (Å²) in [6, 6.07) is 14.9. The van der Waals surface area contributed by atoms with E-state index < -0.39 is 11.7 Å². The van der Waals surface area contributed by atoms with E-state index in [4.69, 9.17) is 11.6 Å². The second kappa shape index (κ2) is 5.54. The molecule has 0 aliphatic carbocycles. The van der Waals surface area contributed by atoms with Gasteiger partial charge in [0.25, 0.3) is 11.7 Å². The lowest BCUT2D eigenvalue weighted by molar-refractivity contribution is -0.114. The molecule has 3 rings (SSSR count). The number of fused-ring (bicyclic) bond motifs is 1. The zero-order chi connectivity index (χ0) is 14.8. The molecule has 0 aromatic heterocycles. The first kappa shape index (κ1) is 13.6. The van der Waals surface area contributed by atoms with Crippen LogP contribution in [0.3, 0.4) is 0 Å². The summed E-state index contributed by atoms with van der Waals surface area (Å²) in [5, 5.41) is 0.320. The number of hydrogen-bond acceptors (Lipinski definition) is 2. The van der Waals surface area contributed by atoms with Crippen LogP contribution in [-0.2, 0) is 4.79 Å². The fourth-order valence-electron chi connectivity index (χ4n) is 2.34.